The van der Waals surface area contributed by atoms with Gasteiger partial charge in [0.2, 0.25) is 0 Å². The normalized spacial score (nSPS) is 11.2. The SMILES string of the molecule is COC(=O)/C(=C/c1ccc(C)o1)[N+](=O)[O-]. The van der Waals surface area contributed by atoms with Crippen LogP contribution < -0.4 is 0 Å². The van der Waals surface area contributed by atoms with Gasteiger partial charge in [0.1, 0.15) is 11.5 Å². The summed E-state index contributed by atoms with van der Waals surface area (Å²) in [6.07, 6.45) is 1.03. The lowest BCUT2D eigenvalue weighted by Crippen LogP contribution is -2.12. The molecule has 0 spiro atoms. The fourth-order valence-corrected chi connectivity index (χ4v) is 0.956. The first-order valence-corrected chi connectivity index (χ1v) is 4.05. The lowest BCUT2D eigenvalue weighted by Gasteiger charge is -1.94. The van der Waals surface area contributed by atoms with Crippen molar-refractivity contribution in [1.82, 2.24) is 0 Å². The molecular formula is C9H9NO5. The average molecular weight is 211 g/mol. The zero-order valence-electron chi connectivity index (χ0n) is 8.22. The number of rotatable bonds is 3. The van der Waals surface area contributed by atoms with Gasteiger partial charge in [0.25, 0.3) is 0 Å². The number of esters is 1. The summed E-state index contributed by atoms with van der Waals surface area (Å²) < 4.78 is 9.33. The second-order valence-electron chi connectivity index (χ2n) is 2.73. The summed E-state index contributed by atoms with van der Waals surface area (Å²) in [5.41, 5.74) is -0.660. The molecule has 0 aromatic carbocycles. The predicted octanol–water partition coefficient (Wildman–Crippen LogP) is 1.38. The van der Waals surface area contributed by atoms with E-state index in [2.05, 4.69) is 4.74 Å². The van der Waals surface area contributed by atoms with Crippen molar-refractivity contribution in [3.05, 3.63) is 39.5 Å². The summed E-state index contributed by atoms with van der Waals surface area (Å²) in [4.78, 5) is 20.7. The molecule has 1 aromatic heterocycles. The Bertz CT molecular complexity index is 418. The second-order valence-corrected chi connectivity index (χ2v) is 2.73. The minimum absolute atomic E-state index is 0.240. The van der Waals surface area contributed by atoms with Crippen molar-refractivity contribution < 1.29 is 18.9 Å². The van der Waals surface area contributed by atoms with Crippen LogP contribution in [0.1, 0.15) is 11.5 Å². The van der Waals surface area contributed by atoms with E-state index < -0.39 is 16.6 Å². The molecule has 15 heavy (non-hydrogen) atoms. The van der Waals surface area contributed by atoms with Crippen molar-refractivity contribution in [2.24, 2.45) is 0 Å². The topological polar surface area (TPSA) is 82.6 Å². The van der Waals surface area contributed by atoms with E-state index in [1.807, 2.05) is 0 Å². The molecule has 0 aliphatic carbocycles. The number of aryl methyl sites for hydroxylation is 1. The van der Waals surface area contributed by atoms with Crippen LogP contribution in [0, 0.1) is 17.0 Å². The molecule has 1 aromatic rings. The Kier molecular flexibility index (Phi) is 3.22. The third kappa shape index (κ3) is 2.67. The maximum Gasteiger partial charge on any atom is 0.409 e. The van der Waals surface area contributed by atoms with Crippen LogP contribution in [0.5, 0.6) is 0 Å². The van der Waals surface area contributed by atoms with E-state index in [4.69, 9.17) is 4.42 Å². The molecule has 80 valence electrons. The molecule has 0 unspecified atom stereocenters. The molecule has 0 saturated carbocycles. The molecule has 0 radical (unpaired) electrons. The first-order chi connectivity index (χ1) is 7.04. The van der Waals surface area contributed by atoms with Crippen LogP contribution in [0.2, 0.25) is 0 Å². The quantitative estimate of drug-likeness (QED) is 0.326. The van der Waals surface area contributed by atoms with Crippen LogP contribution in [0.25, 0.3) is 6.08 Å². The van der Waals surface area contributed by atoms with Gasteiger partial charge < -0.3 is 9.15 Å². The molecule has 0 fully saturated rings. The molecule has 6 nitrogen and oxygen atoms in total. The van der Waals surface area contributed by atoms with E-state index in [9.17, 15) is 14.9 Å². The molecule has 0 N–H and O–H groups in total. The summed E-state index contributed by atoms with van der Waals surface area (Å²) in [5, 5.41) is 10.5. The molecule has 0 aliphatic heterocycles. The molecular weight excluding hydrogens is 202 g/mol. The third-order valence-electron chi connectivity index (χ3n) is 1.63. The highest BCUT2D eigenvalue weighted by Gasteiger charge is 2.23. The van der Waals surface area contributed by atoms with Gasteiger partial charge in [-0.1, -0.05) is 0 Å². The molecule has 1 rings (SSSR count). The van der Waals surface area contributed by atoms with Crippen LogP contribution in [-0.4, -0.2) is 18.0 Å². The van der Waals surface area contributed by atoms with Crippen LogP contribution in [-0.2, 0) is 9.53 Å². The van der Waals surface area contributed by atoms with Crippen molar-refractivity contribution in [1.29, 1.82) is 0 Å². The number of furan rings is 1. The predicted molar refractivity (Wildman–Crippen MR) is 50.4 cm³/mol. The zero-order chi connectivity index (χ0) is 11.4. The Balaban J connectivity index is 3.04. The minimum atomic E-state index is -1.01. The van der Waals surface area contributed by atoms with Gasteiger partial charge in [0.05, 0.1) is 18.1 Å². The van der Waals surface area contributed by atoms with Crippen LogP contribution in [0.3, 0.4) is 0 Å². The Morgan fingerprint density at radius 2 is 2.27 bits per heavy atom. The molecule has 0 saturated heterocycles. The lowest BCUT2D eigenvalue weighted by atomic mass is 10.3. The van der Waals surface area contributed by atoms with Gasteiger partial charge >= 0.3 is 11.7 Å². The van der Waals surface area contributed by atoms with Gasteiger partial charge in [-0.15, -0.1) is 0 Å². The van der Waals surface area contributed by atoms with Gasteiger partial charge in [-0.3, -0.25) is 10.1 Å². The average Bonchev–Trinajstić information content (AvgIpc) is 2.59. The fourth-order valence-electron chi connectivity index (χ4n) is 0.956. The monoisotopic (exact) mass is 211 g/mol. The van der Waals surface area contributed by atoms with Crippen molar-refractivity contribution in [2.75, 3.05) is 7.11 Å². The van der Waals surface area contributed by atoms with Gasteiger partial charge in [-0.2, -0.15) is 0 Å². The van der Waals surface area contributed by atoms with Crippen molar-refractivity contribution in [2.45, 2.75) is 6.92 Å². The van der Waals surface area contributed by atoms with Gasteiger partial charge in [0, 0.05) is 0 Å². The Morgan fingerprint density at radius 3 is 2.67 bits per heavy atom. The van der Waals surface area contributed by atoms with Crippen LogP contribution in [0.15, 0.2) is 22.2 Å². The molecule has 0 aliphatic rings. The molecule has 1 heterocycles. The summed E-state index contributed by atoms with van der Waals surface area (Å²) >= 11 is 0. The molecule has 6 heteroatoms. The summed E-state index contributed by atoms with van der Waals surface area (Å²) in [6, 6.07) is 3.17. The maximum absolute atomic E-state index is 11.0. The smallest absolute Gasteiger partial charge is 0.409 e. The van der Waals surface area contributed by atoms with E-state index >= 15 is 0 Å². The van der Waals surface area contributed by atoms with Crippen LogP contribution in [0.4, 0.5) is 0 Å². The lowest BCUT2D eigenvalue weighted by molar-refractivity contribution is -0.419. The number of hydrogen-bond donors (Lipinski definition) is 0. The first-order valence-electron chi connectivity index (χ1n) is 4.05. The summed E-state index contributed by atoms with van der Waals surface area (Å²) in [6.45, 7) is 1.70. The van der Waals surface area contributed by atoms with Gasteiger partial charge in [-0.05, 0) is 19.1 Å². The fraction of sp³-hybridized carbons (Fsp3) is 0.222. The van der Waals surface area contributed by atoms with Crippen molar-refractivity contribution >= 4 is 12.0 Å². The highest BCUT2D eigenvalue weighted by molar-refractivity contribution is 5.90. The third-order valence-corrected chi connectivity index (χ3v) is 1.63. The Labute approximate surface area is 85.3 Å². The molecule has 0 atom stereocenters. The van der Waals surface area contributed by atoms with E-state index in [-0.39, 0.29) is 5.76 Å². The van der Waals surface area contributed by atoms with Crippen molar-refractivity contribution in [3.8, 4) is 0 Å². The van der Waals surface area contributed by atoms with Gasteiger partial charge in [0.15, 0.2) is 0 Å². The van der Waals surface area contributed by atoms with Crippen LogP contribution >= 0.6 is 0 Å². The number of hydrogen-bond acceptors (Lipinski definition) is 5. The Hall–Kier alpha value is -2.11. The van der Waals surface area contributed by atoms with E-state index in [0.717, 1.165) is 13.2 Å². The van der Waals surface area contributed by atoms with E-state index in [1.165, 1.54) is 6.07 Å². The van der Waals surface area contributed by atoms with Gasteiger partial charge in [-0.25, -0.2) is 4.79 Å². The zero-order valence-corrected chi connectivity index (χ0v) is 8.22. The molecule has 0 bridgehead atoms. The number of methoxy groups -OCH3 is 1. The highest BCUT2D eigenvalue weighted by atomic mass is 16.6. The molecule has 0 amide bonds. The largest absolute Gasteiger partial charge is 0.462 e. The van der Waals surface area contributed by atoms with Crippen molar-refractivity contribution in [3.63, 3.8) is 0 Å². The number of ether oxygens (including phenoxy) is 1. The Morgan fingerprint density at radius 1 is 1.60 bits per heavy atom. The minimum Gasteiger partial charge on any atom is -0.462 e. The first kappa shape index (κ1) is 11.0. The highest BCUT2D eigenvalue weighted by Crippen LogP contribution is 2.12. The number of carbonyl (C=O) groups is 1. The second kappa shape index (κ2) is 4.41. The number of carbonyl (C=O) groups excluding carboxylic acids is 1. The maximum atomic E-state index is 11.0. The summed E-state index contributed by atoms with van der Waals surface area (Å²) in [7, 11) is 1.08. The number of nitrogens with zero attached hydrogens (tertiary/aromatic N) is 1. The summed E-state index contributed by atoms with van der Waals surface area (Å²) in [5.74, 6) is -0.160. The standard InChI is InChI=1S/C9H9NO5/c1-6-3-4-7(15-6)5-8(10(12)13)9(11)14-2/h3-5H,1-2H3/b8-5-. The van der Waals surface area contributed by atoms with E-state index in [0.29, 0.717) is 5.76 Å². The number of nitro groups is 1. The van der Waals surface area contributed by atoms with E-state index in [1.54, 1.807) is 13.0 Å².